The number of ether oxygens (including phenoxy) is 1. The number of nitrogens with zero attached hydrogens (tertiary/aromatic N) is 2. The van der Waals surface area contributed by atoms with Gasteiger partial charge in [0.05, 0.1) is 16.4 Å². The van der Waals surface area contributed by atoms with E-state index in [9.17, 15) is 9.59 Å². The van der Waals surface area contributed by atoms with Crippen molar-refractivity contribution in [2.75, 3.05) is 5.32 Å². The molecule has 1 unspecified atom stereocenters. The Bertz CT molecular complexity index is 774. The predicted octanol–water partition coefficient (Wildman–Crippen LogP) is 3.38. The molecular weight excluding hydrogens is 353 g/mol. The molecule has 1 aromatic carbocycles. The molecule has 0 aliphatic carbocycles. The lowest BCUT2D eigenvalue weighted by Gasteiger charge is -2.14. The Morgan fingerprint density at radius 2 is 2.00 bits per heavy atom. The molecule has 0 aliphatic rings. The summed E-state index contributed by atoms with van der Waals surface area (Å²) in [6, 6.07) is 6.55. The van der Waals surface area contributed by atoms with Crippen molar-refractivity contribution in [2.45, 2.75) is 33.4 Å². The first kappa shape index (κ1) is 18.3. The summed E-state index contributed by atoms with van der Waals surface area (Å²) in [5, 5.41) is 7.53. The highest BCUT2D eigenvalue weighted by atomic mass is 35.5. The van der Waals surface area contributed by atoms with Crippen LogP contribution in [0, 0.1) is 13.8 Å². The standard InChI is InChI=1S/C16H17Cl2N3O3/c1-9-6-10(2)21(20-9)8-15(22)24-11(3)16(23)19-14-7-12(17)4-5-13(14)18/h4-7,11H,8H2,1-3H3,(H,19,23). The third kappa shape index (κ3) is 4.72. The van der Waals surface area contributed by atoms with Gasteiger partial charge in [0.15, 0.2) is 6.10 Å². The van der Waals surface area contributed by atoms with Crippen LogP contribution in [0.3, 0.4) is 0 Å². The molecule has 2 aromatic rings. The van der Waals surface area contributed by atoms with Gasteiger partial charge in [0.25, 0.3) is 5.91 Å². The van der Waals surface area contributed by atoms with E-state index in [2.05, 4.69) is 10.4 Å². The summed E-state index contributed by atoms with van der Waals surface area (Å²) in [5.41, 5.74) is 2.00. The number of anilines is 1. The molecule has 1 atom stereocenters. The Labute approximate surface area is 149 Å². The summed E-state index contributed by atoms with van der Waals surface area (Å²) in [5.74, 6) is -1.05. The fourth-order valence-electron chi connectivity index (χ4n) is 2.07. The van der Waals surface area contributed by atoms with Gasteiger partial charge in [-0.2, -0.15) is 5.10 Å². The van der Waals surface area contributed by atoms with Gasteiger partial charge in [-0.05, 0) is 45.0 Å². The van der Waals surface area contributed by atoms with E-state index in [1.807, 2.05) is 19.9 Å². The Balaban J connectivity index is 1.94. The third-order valence-corrected chi connectivity index (χ3v) is 3.81. The van der Waals surface area contributed by atoms with Crippen LogP contribution >= 0.6 is 23.2 Å². The quantitative estimate of drug-likeness (QED) is 0.819. The predicted molar refractivity (Wildman–Crippen MR) is 92.3 cm³/mol. The van der Waals surface area contributed by atoms with E-state index in [1.165, 1.54) is 17.7 Å². The highest BCUT2D eigenvalue weighted by Crippen LogP contribution is 2.25. The zero-order valence-corrected chi connectivity index (χ0v) is 15.0. The van der Waals surface area contributed by atoms with E-state index >= 15 is 0 Å². The van der Waals surface area contributed by atoms with Crippen molar-refractivity contribution in [2.24, 2.45) is 0 Å². The van der Waals surface area contributed by atoms with Crippen LogP contribution in [-0.2, 0) is 20.9 Å². The summed E-state index contributed by atoms with van der Waals surface area (Å²) < 4.78 is 6.66. The van der Waals surface area contributed by atoms with Gasteiger partial charge in [-0.25, -0.2) is 0 Å². The Morgan fingerprint density at radius 3 is 2.62 bits per heavy atom. The van der Waals surface area contributed by atoms with Crippen molar-refractivity contribution in [3.63, 3.8) is 0 Å². The fraction of sp³-hybridized carbons (Fsp3) is 0.312. The van der Waals surface area contributed by atoms with E-state index in [0.29, 0.717) is 15.7 Å². The second-order valence-electron chi connectivity index (χ2n) is 5.33. The molecule has 128 valence electrons. The van der Waals surface area contributed by atoms with Gasteiger partial charge in [-0.3, -0.25) is 14.3 Å². The Kier molecular flexibility index (Phi) is 5.85. The van der Waals surface area contributed by atoms with Crippen LogP contribution in [0.2, 0.25) is 10.0 Å². The summed E-state index contributed by atoms with van der Waals surface area (Å²) in [6.45, 7) is 5.09. The van der Waals surface area contributed by atoms with Crippen LogP contribution in [0.15, 0.2) is 24.3 Å². The van der Waals surface area contributed by atoms with Gasteiger partial charge in [0.1, 0.15) is 6.54 Å². The molecule has 0 saturated heterocycles. The largest absolute Gasteiger partial charge is 0.451 e. The molecule has 1 N–H and O–H groups in total. The topological polar surface area (TPSA) is 73.2 Å². The smallest absolute Gasteiger partial charge is 0.328 e. The van der Waals surface area contributed by atoms with Gasteiger partial charge in [-0.15, -0.1) is 0 Å². The van der Waals surface area contributed by atoms with Crippen molar-refractivity contribution in [1.29, 1.82) is 0 Å². The van der Waals surface area contributed by atoms with E-state index in [1.54, 1.807) is 12.1 Å². The molecule has 1 amide bonds. The number of carbonyl (C=O) groups is 2. The number of esters is 1. The maximum absolute atomic E-state index is 12.1. The monoisotopic (exact) mass is 369 g/mol. The van der Waals surface area contributed by atoms with Crippen molar-refractivity contribution in [3.05, 3.63) is 45.7 Å². The lowest BCUT2D eigenvalue weighted by molar-refractivity contribution is -0.154. The van der Waals surface area contributed by atoms with E-state index in [4.69, 9.17) is 27.9 Å². The van der Waals surface area contributed by atoms with Crippen molar-refractivity contribution in [1.82, 2.24) is 9.78 Å². The summed E-state index contributed by atoms with van der Waals surface area (Å²) in [7, 11) is 0. The van der Waals surface area contributed by atoms with Crippen LogP contribution in [0.1, 0.15) is 18.3 Å². The number of halogens is 2. The molecule has 0 fully saturated rings. The molecule has 8 heteroatoms. The number of benzene rings is 1. The minimum absolute atomic E-state index is 0.0603. The zero-order chi connectivity index (χ0) is 17.9. The normalized spacial score (nSPS) is 11.9. The van der Waals surface area contributed by atoms with Crippen LogP contribution in [0.25, 0.3) is 0 Å². The SMILES string of the molecule is Cc1cc(C)n(CC(=O)OC(C)C(=O)Nc2cc(Cl)ccc2Cl)n1. The third-order valence-electron chi connectivity index (χ3n) is 3.25. The number of carbonyl (C=O) groups excluding carboxylic acids is 2. The average molecular weight is 370 g/mol. The molecule has 0 aliphatic heterocycles. The minimum Gasteiger partial charge on any atom is -0.451 e. The summed E-state index contributed by atoms with van der Waals surface area (Å²) >= 11 is 11.9. The van der Waals surface area contributed by atoms with Gasteiger partial charge in [-0.1, -0.05) is 23.2 Å². The second-order valence-corrected chi connectivity index (χ2v) is 6.17. The number of amides is 1. The highest BCUT2D eigenvalue weighted by molar-refractivity contribution is 6.35. The fourth-order valence-corrected chi connectivity index (χ4v) is 2.41. The molecular formula is C16H17Cl2N3O3. The highest BCUT2D eigenvalue weighted by Gasteiger charge is 2.19. The Hall–Kier alpha value is -2.05. The Morgan fingerprint density at radius 1 is 1.29 bits per heavy atom. The van der Waals surface area contributed by atoms with E-state index in [-0.39, 0.29) is 6.54 Å². The van der Waals surface area contributed by atoms with Crippen LogP contribution in [0.4, 0.5) is 5.69 Å². The van der Waals surface area contributed by atoms with Gasteiger partial charge in [0.2, 0.25) is 0 Å². The van der Waals surface area contributed by atoms with E-state index < -0.39 is 18.0 Å². The first-order chi connectivity index (χ1) is 11.3. The molecule has 1 heterocycles. The average Bonchev–Trinajstić information content (AvgIpc) is 2.80. The van der Waals surface area contributed by atoms with Crippen LogP contribution in [-0.4, -0.2) is 27.8 Å². The number of hydrogen-bond donors (Lipinski definition) is 1. The molecule has 1 aromatic heterocycles. The zero-order valence-electron chi connectivity index (χ0n) is 13.5. The second kappa shape index (κ2) is 7.68. The van der Waals surface area contributed by atoms with Crippen molar-refractivity contribution in [3.8, 4) is 0 Å². The lowest BCUT2D eigenvalue weighted by atomic mass is 10.3. The number of rotatable bonds is 5. The van der Waals surface area contributed by atoms with Gasteiger partial charge >= 0.3 is 5.97 Å². The lowest BCUT2D eigenvalue weighted by Crippen LogP contribution is -2.31. The van der Waals surface area contributed by atoms with Gasteiger partial charge < -0.3 is 10.1 Å². The molecule has 0 bridgehead atoms. The number of nitrogens with one attached hydrogen (secondary N) is 1. The van der Waals surface area contributed by atoms with Crippen molar-refractivity contribution >= 4 is 40.8 Å². The first-order valence-corrected chi connectivity index (χ1v) is 7.98. The molecule has 6 nitrogen and oxygen atoms in total. The molecule has 0 radical (unpaired) electrons. The van der Waals surface area contributed by atoms with Crippen LogP contribution in [0.5, 0.6) is 0 Å². The first-order valence-electron chi connectivity index (χ1n) is 7.22. The molecule has 24 heavy (non-hydrogen) atoms. The number of aryl methyl sites for hydroxylation is 2. The molecule has 2 rings (SSSR count). The van der Waals surface area contributed by atoms with Gasteiger partial charge in [0, 0.05) is 10.7 Å². The number of hydrogen-bond acceptors (Lipinski definition) is 4. The maximum atomic E-state index is 12.1. The van der Waals surface area contributed by atoms with E-state index in [0.717, 1.165) is 11.4 Å². The van der Waals surface area contributed by atoms with Crippen molar-refractivity contribution < 1.29 is 14.3 Å². The molecule has 0 saturated carbocycles. The molecule has 0 spiro atoms. The van der Waals surface area contributed by atoms with Crippen LogP contribution < -0.4 is 5.32 Å². The summed E-state index contributed by atoms with van der Waals surface area (Å²) in [6.07, 6.45) is -0.982. The summed E-state index contributed by atoms with van der Waals surface area (Å²) in [4.78, 5) is 24.1. The number of aromatic nitrogens is 2. The minimum atomic E-state index is -0.982. The maximum Gasteiger partial charge on any atom is 0.328 e.